The highest BCUT2D eigenvalue weighted by atomic mass is 28.4. The third kappa shape index (κ3) is 5.49. The SMILES string of the molecule is COCOc1cc2ccc(C)nc2c(F)c1C(=O)c1ccc(CO[Si](C)(C)C(C)(C)C)cc1. The van der Waals surface area contributed by atoms with E-state index in [2.05, 4.69) is 38.8 Å². The second-order valence-electron chi connectivity index (χ2n) is 9.71. The molecule has 176 valence electrons. The number of hydrogen-bond donors (Lipinski definition) is 0. The van der Waals surface area contributed by atoms with E-state index >= 15 is 4.39 Å². The Morgan fingerprint density at radius 3 is 2.36 bits per heavy atom. The first-order valence-corrected chi connectivity index (χ1v) is 13.8. The molecule has 0 unspecified atom stereocenters. The number of aromatic nitrogens is 1. The lowest BCUT2D eigenvalue weighted by molar-refractivity contribution is 0.0502. The second-order valence-corrected chi connectivity index (χ2v) is 14.5. The van der Waals surface area contributed by atoms with Crippen LogP contribution in [0.2, 0.25) is 18.1 Å². The molecule has 33 heavy (non-hydrogen) atoms. The van der Waals surface area contributed by atoms with Gasteiger partial charge in [0.05, 0.1) is 6.61 Å². The topological polar surface area (TPSA) is 57.7 Å². The Labute approximate surface area is 196 Å². The van der Waals surface area contributed by atoms with Crippen molar-refractivity contribution in [3.8, 4) is 5.75 Å². The predicted octanol–water partition coefficient (Wildman–Crippen LogP) is 6.42. The quantitative estimate of drug-likeness (QED) is 0.216. The molecule has 0 aliphatic rings. The number of pyridine rings is 1. The van der Waals surface area contributed by atoms with Crippen molar-refractivity contribution < 1.29 is 23.1 Å². The molecule has 3 rings (SSSR count). The number of carbonyl (C=O) groups is 1. The number of ether oxygens (including phenoxy) is 2. The van der Waals surface area contributed by atoms with Crippen molar-refractivity contribution in [2.45, 2.75) is 52.4 Å². The van der Waals surface area contributed by atoms with Crippen LogP contribution in [0.25, 0.3) is 10.9 Å². The summed E-state index contributed by atoms with van der Waals surface area (Å²) in [5, 5.41) is 0.667. The van der Waals surface area contributed by atoms with Crippen molar-refractivity contribution in [3.05, 3.63) is 70.7 Å². The fourth-order valence-electron chi connectivity index (χ4n) is 3.12. The summed E-state index contributed by atoms with van der Waals surface area (Å²) in [4.78, 5) is 17.6. The molecule has 1 aromatic heterocycles. The van der Waals surface area contributed by atoms with E-state index in [1.165, 1.54) is 7.11 Å². The lowest BCUT2D eigenvalue weighted by Crippen LogP contribution is -2.40. The molecule has 3 aromatic rings. The van der Waals surface area contributed by atoms with Crippen LogP contribution >= 0.6 is 0 Å². The van der Waals surface area contributed by atoms with Crippen LogP contribution in [-0.2, 0) is 15.8 Å². The van der Waals surface area contributed by atoms with Crippen molar-refractivity contribution in [1.29, 1.82) is 0 Å². The summed E-state index contributed by atoms with van der Waals surface area (Å²) >= 11 is 0. The van der Waals surface area contributed by atoms with Gasteiger partial charge in [-0.1, -0.05) is 51.1 Å². The molecule has 0 aliphatic heterocycles. The average Bonchev–Trinajstić information content (AvgIpc) is 2.76. The number of methoxy groups -OCH3 is 1. The van der Waals surface area contributed by atoms with Gasteiger partial charge < -0.3 is 13.9 Å². The molecule has 2 aromatic carbocycles. The molecule has 0 fully saturated rings. The van der Waals surface area contributed by atoms with Crippen LogP contribution in [0.4, 0.5) is 4.39 Å². The third-order valence-corrected chi connectivity index (χ3v) is 10.7. The molecular formula is C26H32FNO4Si. The largest absolute Gasteiger partial charge is 0.467 e. The molecule has 0 saturated heterocycles. The van der Waals surface area contributed by atoms with Crippen LogP contribution < -0.4 is 4.74 Å². The standard InChI is InChI=1S/C26H32FNO4Si/c1-17-8-11-20-14-21(31-16-30-5)22(23(27)24(20)28-17)25(29)19-12-9-18(10-13-19)15-32-33(6,7)26(2,3)4/h8-14H,15-16H2,1-7H3. The number of carbonyl (C=O) groups excluding carboxylic acids is 1. The van der Waals surface area contributed by atoms with Gasteiger partial charge in [-0.05, 0) is 42.8 Å². The highest BCUT2D eigenvalue weighted by Gasteiger charge is 2.37. The van der Waals surface area contributed by atoms with Gasteiger partial charge in [0.25, 0.3) is 0 Å². The van der Waals surface area contributed by atoms with E-state index < -0.39 is 19.9 Å². The van der Waals surface area contributed by atoms with Gasteiger partial charge in [-0.2, -0.15) is 0 Å². The van der Waals surface area contributed by atoms with Crippen LogP contribution in [0, 0.1) is 12.7 Å². The molecule has 7 heteroatoms. The average molecular weight is 470 g/mol. The zero-order valence-corrected chi connectivity index (χ0v) is 21.4. The summed E-state index contributed by atoms with van der Waals surface area (Å²) in [5.74, 6) is -1.04. The van der Waals surface area contributed by atoms with Gasteiger partial charge in [0.2, 0.25) is 0 Å². The fourth-order valence-corrected chi connectivity index (χ4v) is 4.09. The lowest BCUT2D eigenvalue weighted by Gasteiger charge is -2.36. The minimum atomic E-state index is -1.89. The number of nitrogens with zero attached hydrogens (tertiary/aromatic N) is 1. The van der Waals surface area contributed by atoms with Crippen molar-refractivity contribution in [1.82, 2.24) is 4.98 Å². The van der Waals surface area contributed by atoms with Crippen LogP contribution in [-0.4, -0.2) is 33.0 Å². The molecular weight excluding hydrogens is 437 g/mol. The molecule has 0 spiro atoms. The number of rotatable bonds is 8. The number of halogens is 1. The molecule has 0 radical (unpaired) electrons. The van der Waals surface area contributed by atoms with Gasteiger partial charge in [-0.15, -0.1) is 0 Å². The first-order chi connectivity index (χ1) is 15.4. The maximum absolute atomic E-state index is 15.5. The Morgan fingerprint density at radius 1 is 1.09 bits per heavy atom. The minimum Gasteiger partial charge on any atom is -0.467 e. The molecule has 0 bridgehead atoms. The lowest BCUT2D eigenvalue weighted by atomic mass is 9.99. The third-order valence-electron chi connectivity index (χ3n) is 6.21. The fraction of sp³-hybridized carbons (Fsp3) is 0.385. The zero-order chi connectivity index (χ0) is 24.4. The first-order valence-electron chi connectivity index (χ1n) is 10.9. The monoisotopic (exact) mass is 469 g/mol. The Morgan fingerprint density at radius 2 is 1.76 bits per heavy atom. The van der Waals surface area contributed by atoms with E-state index in [4.69, 9.17) is 13.9 Å². The van der Waals surface area contributed by atoms with Crippen molar-refractivity contribution in [3.63, 3.8) is 0 Å². The van der Waals surface area contributed by atoms with Crippen molar-refractivity contribution in [2.24, 2.45) is 0 Å². The van der Waals surface area contributed by atoms with E-state index in [0.717, 1.165) is 5.56 Å². The molecule has 0 atom stereocenters. The Bertz CT molecular complexity index is 1150. The predicted molar refractivity (Wildman–Crippen MR) is 131 cm³/mol. The zero-order valence-electron chi connectivity index (χ0n) is 20.4. The summed E-state index contributed by atoms with van der Waals surface area (Å²) in [7, 11) is -0.419. The van der Waals surface area contributed by atoms with E-state index in [1.807, 2.05) is 12.1 Å². The van der Waals surface area contributed by atoms with Crippen molar-refractivity contribution in [2.75, 3.05) is 13.9 Å². The van der Waals surface area contributed by atoms with Crippen LogP contribution in [0.3, 0.4) is 0 Å². The molecule has 5 nitrogen and oxygen atoms in total. The molecule has 0 aliphatic carbocycles. The van der Waals surface area contributed by atoms with E-state index in [9.17, 15) is 4.79 Å². The smallest absolute Gasteiger partial charge is 0.199 e. The highest BCUT2D eigenvalue weighted by Crippen LogP contribution is 2.37. The Kier molecular flexibility index (Phi) is 7.36. The Balaban J connectivity index is 1.92. The number of benzene rings is 2. The highest BCUT2D eigenvalue weighted by molar-refractivity contribution is 6.74. The number of aryl methyl sites for hydroxylation is 1. The summed E-state index contributed by atoms with van der Waals surface area (Å²) in [6.07, 6.45) is 0. The van der Waals surface area contributed by atoms with Gasteiger partial charge in [-0.3, -0.25) is 9.78 Å². The molecule has 0 amide bonds. The number of hydrogen-bond acceptors (Lipinski definition) is 5. The van der Waals surface area contributed by atoms with E-state index in [-0.39, 0.29) is 28.7 Å². The minimum absolute atomic E-state index is 0.103. The maximum atomic E-state index is 15.5. The van der Waals surface area contributed by atoms with Gasteiger partial charge in [0.1, 0.15) is 16.8 Å². The van der Waals surface area contributed by atoms with E-state index in [1.54, 1.807) is 37.3 Å². The molecule has 0 saturated carbocycles. The summed E-state index contributed by atoms with van der Waals surface area (Å²) in [6, 6.07) is 12.2. The number of ketones is 1. The number of fused-ring (bicyclic) bond motifs is 1. The first kappa shape index (κ1) is 25.0. The van der Waals surface area contributed by atoms with Gasteiger partial charge in [0.15, 0.2) is 26.7 Å². The summed E-state index contributed by atoms with van der Waals surface area (Å²) in [6.45, 7) is 13.1. The molecule has 1 heterocycles. The van der Waals surface area contributed by atoms with Gasteiger partial charge >= 0.3 is 0 Å². The van der Waals surface area contributed by atoms with Gasteiger partial charge in [-0.25, -0.2) is 4.39 Å². The second kappa shape index (κ2) is 9.71. The van der Waals surface area contributed by atoms with E-state index in [0.29, 0.717) is 23.3 Å². The summed E-state index contributed by atoms with van der Waals surface area (Å²) in [5.41, 5.74) is 1.98. The van der Waals surface area contributed by atoms with Crippen LogP contribution in [0.1, 0.15) is 48.0 Å². The van der Waals surface area contributed by atoms with Crippen LogP contribution in [0.15, 0.2) is 42.5 Å². The van der Waals surface area contributed by atoms with Crippen LogP contribution in [0.5, 0.6) is 5.75 Å². The van der Waals surface area contributed by atoms with Crippen molar-refractivity contribution >= 4 is 25.0 Å². The Hall–Kier alpha value is -2.61. The molecule has 0 N–H and O–H groups in total. The summed E-state index contributed by atoms with van der Waals surface area (Å²) < 4.78 is 32.3. The van der Waals surface area contributed by atoms with Gasteiger partial charge in [0, 0.05) is 23.8 Å². The normalized spacial score (nSPS) is 12.2. The maximum Gasteiger partial charge on any atom is 0.199 e.